The summed E-state index contributed by atoms with van der Waals surface area (Å²) in [5, 5.41) is 2.06. The third-order valence-electron chi connectivity index (χ3n) is 13.3. The van der Waals surface area contributed by atoms with Gasteiger partial charge in [-0.2, -0.15) is 6.07 Å². The molecular formula is C65H64N4OPt+2. The molecule has 0 spiro atoms. The van der Waals surface area contributed by atoms with E-state index < -0.39 is 12.3 Å². The normalized spacial score (nSPS) is 14.6. The van der Waals surface area contributed by atoms with E-state index in [1.54, 1.807) is 22.8 Å². The van der Waals surface area contributed by atoms with E-state index in [1.807, 2.05) is 59.3 Å². The predicted molar refractivity (Wildman–Crippen MR) is 294 cm³/mol. The van der Waals surface area contributed by atoms with Gasteiger partial charge in [-0.25, -0.2) is 4.98 Å². The Bertz CT molecular complexity index is 3940. The van der Waals surface area contributed by atoms with Gasteiger partial charge in [0.1, 0.15) is 11.5 Å². The van der Waals surface area contributed by atoms with E-state index in [1.165, 1.54) is 6.07 Å². The molecule has 0 atom stereocenters. The van der Waals surface area contributed by atoms with Gasteiger partial charge in [-0.15, -0.1) is 29.1 Å². The van der Waals surface area contributed by atoms with E-state index in [2.05, 4.69) is 154 Å². The van der Waals surface area contributed by atoms with Crippen molar-refractivity contribution < 1.29 is 35.4 Å². The molecule has 0 saturated carbocycles. The average molecular weight is 1120 g/mol. The van der Waals surface area contributed by atoms with E-state index in [-0.39, 0.29) is 72.6 Å². The minimum atomic E-state index is -2.60. The molecule has 1 aliphatic rings. The van der Waals surface area contributed by atoms with E-state index in [0.717, 1.165) is 55.4 Å². The molecule has 9 aromatic rings. The molecule has 0 aliphatic carbocycles. The van der Waals surface area contributed by atoms with Crippen LogP contribution in [0.3, 0.4) is 0 Å². The van der Waals surface area contributed by atoms with Gasteiger partial charge < -0.3 is 9.30 Å². The van der Waals surface area contributed by atoms with Gasteiger partial charge in [-0.05, 0) is 96.6 Å². The van der Waals surface area contributed by atoms with Crippen LogP contribution in [0.25, 0.3) is 49.9 Å². The van der Waals surface area contributed by atoms with Gasteiger partial charge in [0.25, 0.3) is 5.69 Å². The molecule has 0 N–H and O–H groups in total. The Hall–Kier alpha value is -6.64. The molecular weight excluding hydrogens is 1050 g/mol. The molecule has 7 aromatic carbocycles. The van der Waals surface area contributed by atoms with Crippen LogP contribution in [0.15, 0.2) is 152 Å². The Balaban J connectivity index is 0.00000740. The predicted octanol–water partition coefficient (Wildman–Crippen LogP) is 17.3. The van der Waals surface area contributed by atoms with Gasteiger partial charge >= 0.3 is 32.8 Å². The zero-order valence-corrected chi connectivity index (χ0v) is 44.9. The van der Waals surface area contributed by atoms with E-state index >= 15 is 0 Å². The molecule has 358 valence electrons. The topological polar surface area (TPSA) is 33.1 Å². The van der Waals surface area contributed by atoms with Crippen LogP contribution in [0.2, 0.25) is 0 Å². The first-order valence-corrected chi connectivity index (χ1v) is 24.0. The maximum absolute atomic E-state index is 9.31. The number of aryl methyl sites for hydroxylation is 1. The van der Waals surface area contributed by atoms with Crippen LogP contribution in [-0.2, 0) is 42.7 Å². The first-order valence-electron chi connectivity index (χ1n) is 27.5. The first kappa shape index (κ1) is 41.0. The van der Waals surface area contributed by atoms with Crippen molar-refractivity contribution in [3.63, 3.8) is 0 Å². The van der Waals surface area contributed by atoms with E-state index in [9.17, 15) is 2.74 Å². The van der Waals surface area contributed by atoms with Crippen molar-refractivity contribution in [3.05, 3.63) is 192 Å². The molecule has 71 heavy (non-hydrogen) atoms. The number of ether oxygens (including phenoxy) is 1. The van der Waals surface area contributed by atoms with Gasteiger partial charge in [0.15, 0.2) is 0 Å². The molecule has 5 nitrogen and oxygen atoms in total. The minimum Gasteiger partial charge on any atom is -0.509 e. The molecule has 0 fully saturated rings. The standard InChI is InChI=1S/C65H64N4O.Pt/c1-42-21-19-28-57-60(42)68(61-52(43-22-15-14-16-23-43)25-20-26-53(61)44-33-46(63(5,6)7)35-47(34-44)64(8,9)10)41-67(57)49-36-48(65(11,12)13)37-51(39-49)70-50-29-30-55-54-24-17-18-27-56(54)69(58(55)40-50)59-38-45(31-32-66-59)62(2,3)4;/h14-38H,1-13H3;/q;+2/i1D3,14D,15D,22D,23D;. The fourth-order valence-corrected chi connectivity index (χ4v) is 9.22. The maximum atomic E-state index is 9.31. The number of rotatable bonds is 7. The van der Waals surface area contributed by atoms with Gasteiger partial charge in [0.05, 0.1) is 16.6 Å². The van der Waals surface area contributed by atoms with Crippen LogP contribution in [0, 0.1) is 19.0 Å². The molecule has 1 aliphatic heterocycles. The molecule has 2 aromatic heterocycles. The summed E-state index contributed by atoms with van der Waals surface area (Å²) < 4.78 is 75.5. The van der Waals surface area contributed by atoms with Crippen molar-refractivity contribution >= 4 is 50.6 Å². The number of para-hydroxylation sites is 3. The number of aromatic nitrogens is 2. The summed E-state index contributed by atoms with van der Waals surface area (Å²) in [4.78, 5) is 4.87. The monoisotopic (exact) mass is 1120 g/mol. The van der Waals surface area contributed by atoms with Crippen molar-refractivity contribution in [2.24, 2.45) is 0 Å². The molecule has 0 bridgehead atoms. The van der Waals surface area contributed by atoms with Crippen LogP contribution < -0.4 is 13.9 Å². The summed E-state index contributed by atoms with van der Waals surface area (Å²) >= 11 is 0. The van der Waals surface area contributed by atoms with Gasteiger partial charge in [0, 0.05) is 39.0 Å². The second-order valence-corrected chi connectivity index (χ2v) is 22.6. The minimum absolute atomic E-state index is 0. The zero-order chi connectivity index (χ0) is 55.5. The molecule has 0 amide bonds. The summed E-state index contributed by atoms with van der Waals surface area (Å²) in [5.41, 5.74) is 9.01. The fraction of sp³-hybridized carbons (Fsp3) is 0.262. The second-order valence-electron chi connectivity index (χ2n) is 22.6. The van der Waals surface area contributed by atoms with Crippen molar-refractivity contribution in [1.29, 1.82) is 0 Å². The fourth-order valence-electron chi connectivity index (χ4n) is 9.22. The third kappa shape index (κ3) is 9.39. The van der Waals surface area contributed by atoms with Crippen LogP contribution in [0.4, 0.5) is 22.7 Å². The summed E-state index contributed by atoms with van der Waals surface area (Å²) in [5.74, 6) is 1.63. The van der Waals surface area contributed by atoms with Gasteiger partial charge in [0.2, 0.25) is 5.69 Å². The quantitative estimate of drug-likeness (QED) is 0.118. The second kappa shape index (κ2) is 18.2. The number of hydrogen-bond donors (Lipinski definition) is 0. The summed E-state index contributed by atoms with van der Waals surface area (Å²) in [6.07, 6.45) is 1.85. The van der Waals surface area contributed by atoms with Crippen LogP contribution >= 0.6 is 0 Å². The van der Waals surface area contributed by atoms with E-state index in [4.69, 9.17) is 16.6 Å². The zero-order valence-electron chi connectivity index (χ0n) is 49.6. The van der Waals surface area contributed by atoms with E-state index in [0.29, 0.717) is 45.4 Å². The number of pyridine rings is 1. The molecule has 0 unspecified atom stereocenters. The van der Waals surface area contributed by atoms with Gasteiger partial charge in [-0.1, -0.05) is 190 Å². The smallest absolute Gasteiger partial charge is 0.509 e. The largest absolute Gasteiger partial charge is 2.00 e. The molecule has 0 saturated heterocycles. The third-order valence-corrected chi connectivity index (χ3v) is 13.3. The Morgan fingerprint density at radius 2 is 1.25 bits per heavy atom. The SMILES string of the molecule is [2H]c1cc([2H])c(-c2cccc(-c3cc(C(C)(C)C)cc(C(C)(C)C)c3)c2[N+]2=C=[N+](c3[c-]c(Oc4[c-]c5c(cc4)c4ccccc4n5-c4cc(C(C)(C)C)ccn4)cc(C(C)(C)C)c3)c3cccc(C([2H])([2H])[2H])c32)c([2H])c1[2H].[Pt+2]. The summed E-state index contributed by atoms with van der Waals surface area (Å²) in [6, 6.07) is 49.0. The Labute approximate surface area is 445 Å². The van der Waals surface area contributed by atoms with Crippen molar-refractivity contribution in [2.45, 2.75) is 112 Å². The van der Waals surface area contributed by atoms with Crippen molar-refractivity contribution in [2.75, 3.05) is 0 Å². The molecule has 10 rings (SSSR count). The number of hydrogen-bond acceptors (Lipinski definition) is 2. The van der Waals surface area contributed by atoms with Crippen molar-refractivity contribution in [3.8, 4) is 39.6 Å². The van der Waals surface area contributed by atoms with Crippen LogP contribution in [-0.4, -0.2) is 15.6 Å². The molecule has 6 heteroatoms. The maximum Gasteiger partial charge on any atom is 2.00 e. The molecule has 0 radical (unpaired) electrons. The Kier molecular flexibility index (Phi) is 10.5. The first-order chi connectivity index (χ1) is 36.0. The summed E-state index contributed by atoms with van der Waals surface area (Å²) in [6.45, 7) is 23.4. The van der Waals surface area contributed by atoms with Crippen LogP contribution in [0.5, 0.6) is 11.5 Å². The Morgan fingerprint density at radius 1 is 0.577 bits per heavy atom. The van der Waals surface area contributed by atoms with Crippen molar-refractivity contribution in [1.82, 2.24) is 18.7 Å². The Morgan fingerprint density at radius 3 is 1.96 bits per heavy atom. The van der Waals surface area contributed by atoms with Gasteiger partial charge in [-0.3, -0.25) is 0 Å². The number of nitrogens with zero attached hydrogens (tertiary/aromatic N) is 4. The number of fused-ring (bicyclic) bond motifs is 4. The summed E-state index contributed by atoms with van der Waals surface area (Å²) in [7, 11) is 0. The number of benzene rings is 7. The van der Waals surface area contributed by atoms with Crippen LogP contribution in [0.1, 0.15) is 120 Å². The molecule has 3 heterocycles. The average Bonchev–Trinajstić information content (AvgIpc) is 4.14.